The van der Waals surface area contributed by atoms with E-state index in [1.54, 1.807) is 25.2 Å². The van der Waals surface area contributed by atoms with Crippen molar-refractivity contribution < 1.29 is 9.90 Å². The Balaban J connectivity index is 2.95. The normalized spacial score (nSPS) is 15.8. The minimum Gasteiger partial charge on any atom is -0.481 e. The second-order valence-electron chi connectivity index (χ2n) is 5.26. The van der Waals surface area contributed by atoms with Gasteiger partial charge in [0.05, 0.1) is 5.41 Å². The summed E-state index contributed by atoms with van der Waals surface area (Å²) in [5.74, 6) is -0.719. The number of carbonyl (C=O) groups is 1. The van der Waals surface area contributed by atoms with E-state index >= 15 is 0 Å². The van der Waals surface area contributed by atoms with Gasteiger partial charge in [-0.2, -0.15) is 0 Å². The van der Waals surface area contributed by atoms with Gasteiger partial charge in [-0.3, -0.25) is 4.79 Å². The van der Waals surface area contributed by atoms with E-state index in [1.807, 2.05) is 6.07 Å². The van der Waals surface area contributed by atoms with Crippen LogP contribution in [0.25, 0.3) is 0 Å². The lowest BCUT2D eigenvalue weighted by molar-refractivity contribution is -0.148. The highest BCUT2D eigenvalue weighted by molar-refractivity contribution is 7.10. The SMILES string of the molecule is CCC(C)(CC(C)(C)C(=O)O)c1cccs1. The molecule has 1 unspecified atom stereocenters. The Hall–Kier alpha value is -0.830. The first-order valence-electron chi connectivity index (χ1n) is 5.59. The highest BCUT2D eigenvalue weighted by atomic mass is 32.1. The number of hydrogen-bond acceptors (Lipinski definition) is 2. The molecule has 0 saturated carbocycles. The fourth-order valence-corrected chi connectivity index (χ4v) is 3.02. The van der Waals surface area contributed by atoms with Crippen molar-refractivity contribution in [1.82, 2.24) is 0 Å². The van der Waals surface area contributed by atoms with Gasteiger partial charge in [-0.1, -0.05) is 19.9 Å². The van der Waals surface area contributed by atoms with Crippen LogP contribution in [0.3, 0.4) is 0 Å². The summed E-state index contributed by atoms with van der Waals surface area (Å²) >= 11 is 1.71. The second-order valence-corrected chi connectivity index (χ2v) is 6.21. The van der Waals surface area contributed by atoms with Crippen molar-refractivity contribution >= 4 is 17.3 Å². The molecule has 0 bridgehead atoms. The van der Waals surface area contributed by atoms with Gasteiger partial charge in [-0.15, -0.1) is 11.3 Å². The molecule has 0 amide bonds. The molecule has 3 heteroatoms. The first-order chi connectivity index (χ1) is 7.32. The third-order valence-electron chi connectivity index (χ3n) is 3.31. The molecule has 0 aliphatic heterocycles. The molecule has 1 N–H and O–H groups in total. The number of carboxylic acid groups (broad SMARTS) is 1. The topological polar surface area (TPSA) is 37.3 Å². The highest BCUT2D eigenvalue weighted by Crippen LogP contribution is 2.41. The van der Waals surface area contributed by atoms with Crippen LogP contribution in [-0.2, 0) is 10.2 Å². The summed E-state index contributed by atoms with van der Waals surface area (Å²) in [5.41, 5.74) is -0.704. The van der Waals surface area contributed by atoms with Crippen molar-refractivity contribution in [2.45, 2.75) is 46.0 Å². The lowest BCUT2D eigenvalue weighted by Crippen LogP contribution is -2.33. The van der Waals surface area contributed by atoms with Crippen LogP contribution >= 0.6 is 11.3 Å². The van der Waals surface area contributed by atoms with Gasteiger partial charge in [-0.25, -0.2) is 0 Å². The molecule has 0 spiro atoms. The van der Waals surface area contributed by atoms with Crippen LogP contribution < -0.4 is 0 Å². The summed E-state index contributed by atoms with van der Waals surface area (Å²) in [4.78, 5) is 12.5. The van der Waals surface area contributed by atoms with Crippen LogP contribution in [0.2, 0.25) is 0 Å². The third kappa shape index (κ3) is 2.64. The van der Waals surface area contributed by atoms with Crippen LogP contribution in [0.1, 0.15) is 45.4 Å². The lowest BCUT2D eigenvalue weighted by Gasteiger charge is -2.34. The molecule has 0 radical (unpaired) electrons. The van der Waals surface area contributed by atoms with Crippen molar-refractivity contribution in [2.75, 3.05) is 0 Å². The Kier molecular flexibility index (Phi) is 3.79. The highest BCUT2D eigenvalue weighted by Gasteiger charge is 2.37. The summed E-state index contributed by atoms with van der Waals surface area (Å²) in [5, 5.41) is 11.3. The van der Waals surface area contributed by atoms with Gasteiger partial charge in [0.25, 0.3) is 0 Å². The average Bonchev–Trinajstić information content (AvgIpc) is 2.70. The minimum absolute atomic E-state index is 0.0317. The van der Waals surface area contributed by atoms with Gasteiger partial charge >= 0.3 is 5.97 Å². The molecular weight excluding hydrogens is 220 g/mol. The zero-order valence-electron chi connectivity index (χ0n) is 10.4. The molecule has 0 saturated heterocycles. The zero-order valence-corrected chi connectivity index (χ0v) is 11.2. The quantitative estimate of drug-likeness (QED) is 0.847. The minimum atomic E-state index is -0.719. The number of aliphatic carboxylic acids is 1. The number of hydrogen-bond donors (Lipinski definition) is 1. The van der Waals surface area contributed by atoms with Gasteiger partial charge in [-0.05, 0) is 38.1 Å². The predicted octanol–water partition coefficient (Wildman–Crippen LogP) is 3.92. The molecule has 0 aliphatic rings. The number of thiophene rings is 1. The predicted molar refractivity (Wildman–Crippen MR) is 68.0 cm³/mol. The summed E-state index contributed by atoms with van der Waals surface area (Å²) < 4.78 is 0. The van der Waals surface area contributed by atoms with Gasteiger partial charge in [0.2, 0.25) is 0 Å². The van der Waals surface area contributed by atoms with E-state index in [0.29, 0.717) is 6.42 Å². The van der Waals surface area contributed by atoms with E-state index in [4.69, 9.17) is 0 Å². The molecule has 2 nitrogen and oxygen atoms in total. The lowest BCUT2D eigenvalue weighted by atomic mass is 9.71. The Labute approximate surface area is 101 Å². The van der Waals surface area contributed by atoms with Crippen LogP contribution in [0.5, 0.6) is 0 Å². The molecule has 0 aromatic carbocycles. The van der Waals surface area contributed by atoms with Crippen LogP contribution in [0, 0.1) is 5.41 Å². The van der Waals surface area contributed by atoms with E-state index in [1.165, 1.54) is 4.88 Å². The van der Waals surface area contributed by atoms with Crippen molar-refractivity contribution in [1.29, 1.82) is 0 Å². The smallest absolute Gasteiger partial charge is 0.309 e. The summed E-state index contributed by atoms with van der Waals surface area (Å²) in [6.07, 6.45) is 1.64. The number of carboxylic acids is 1. The Bertz CT molecular complexity index is 354. The van der Waals surface area contributed by atoms with E-state index < -0.39 is 11.4 Å². The van der Waals surface area contributed by atoms with Gasteiger partial charge < -0.3 is 5.11 Å². The van der Waals surface area contributed by atoms with Crippen molar-refractivity contribution in [3.05, 3.63) is 22.4 Å². The van der Waals surface area contributed by atoms with Gasteiger partial charge in [0, 0.05) is 10.3 Å². The van der Waals surface area contributed by atoms with Crippen LogP contribution in [-0.4, -0.2) is 11.1 Å². The molecular formula is C13H20O2S. The molecule has 1 rings (SSSR count). The Morgan fingerprint density at radius 3 is 2.44 bits per heavy atom. The summed E-state index contributed by atoms with van der Waals surface area (Å²) in [7, 11) is 0. The van der Waals surface area contributed by atoms with Gasteiger partial charge in [0.15, 0.2) is 0 Å². The summed E-state index contributed by atoms with van der Waals surface area (Å²) in [6.45, 7) is 7.88. The van der Waals surface area contributed by atoms with E-state index in [-0.39, 0.29) is 5.41 Å². The van der Waals surface area contributed by atoms with Crippen molar-refractivity contribution in [3.63, 3.8) is 0 Å². The third-order valence-corrected chi connectivity index (χ3v) is 4.48. The molecule has 1 aromatic heterocycles. The van der Waals surface area contributed by atoms with E-state index in [0.717, 1.165) is 6.42 Å². The monoisotopic (exact) mass is 240 g/mol. The average molecular weight is 240 g/mol. The molecule has 16 heavy (non-hydrogen) atoms. The van der Waals surface area contributed by atoms with Crippen molar-refractivity contribution in [3.8, 4) is 0 Å². The maximum atomic E-state index is 11.2. The standard InChI is InChI=1S/C13H20O2S/c1-5-13(4,10-7-6-8-16-10)9-12(2,3)11(14)15/h6-8H,5,9H2,1-4H3,(H,14,15). The molecule has 1 heterocycles. The molecule has 90 valence electrons. The van der Waals surface area contributed by atoms with E-state index in [9.17, 15) is 9.90 Å². The van der Waals surface area contributed by atoms with E-state index in [2.05, 4.69) is 25.3 Å². The molecule has 1 atom stereocenters. The van der Waals surface area contributed by atoms with Gasteiger partial charge in [0.1, 0.15) is 0 Å². The van der Waals surface area contributed by atoms with Crippen LogP contribution in [0.15, 0.2) is 17.5 Å². The fourth-order valence-electron chi connectivity index (χ4n) is 2.06. The first-order valence-corrected chi connectivity index (χ1v) is 6.47. The maximum absolute atomic E-state index is 11.2. The summed E-state index contributed by atoms with van der Waals surface area (Å²) in [6, 6.07) is 4.13. The first kappa shape index (κ1) is 13.2. The second kappa shape index (κ2) is 4.58. The molecule has 1 aromatic rings. The molecule has 0 aliphatic carbocycles. The Morgan fingerprint density at radius 2 is 2.06 bits per heavy atom. The number of rotatable bonds is 5. The zero-order chi connectivity index (χ0) is 12.4. The fraction of sp³-hybridized carbons (Fsp3) is 0.615. The Morgan fingerprint density at radius 1 is 1.44 bits per heavy atom. The van der Waals surface area contributed by atoms with Crippen LogP contribution in [0.4, 0.5) is 0 Å². The van der Waals surface area contributed by atoms with Crippen molar-refractivity contribution in [2.24, 2.45) is 5.41 Å². The largest absolute Gasteiger partial charge is 0.481 e. The maximum Gasteiger partial charge on any atom is 0.309 e. The molecule has 0 fully saturated rings.